The molecule has 1 saturated carbocycles. The van der Waals surface area contributed by atoms with E-state index in [1.165, 1.54) is 0 Å². The van der Waals surface area contributed by atoms with Crippen LogP contribution in [0.25, 0.3) is 0 Å². The van der Waals surface area contributed by atoms with Gasteiger partial charge in [-0.1, -0.05) is 0 Å². The van der Waals surface area contributed by atoms with E-state index in [4.69, 9.17) is 0 Å². The van der Waals surface area contributed by atoms with Crippen molar-refractivity contribution in [1.82, 2.24) is 0 Å². The molecular weight excluding hydrogens is 270 g/mol. The summed E-state index contributed by atoms with van der Waals surface area (Å²) in [5.74, 6) is 7.78. The fourth-order valence-electron chi connectivity index (χ4n) is 1.25. The number of carbonyl (C=O) groups excluding carboxylic acids is 2. The summed E-state index contributed by atoms with van der Waals surface area (Å²) >= 11 is 0. The van der Waals surface area contributed by atoms with Crippen LogP contribution in [0.2, 0.25) is 0 Å². The van der Waals surface area contributed by atoms with Crippen molar-refractivity contribution in [2.45, 2.75) is 19.3 Å². The van der Waals surface area contributed by atoms with Crippen molar-refractivity contribution < 1.29 is 39.7 Å². The van der Waals surface area contributed by atoms with Crippen molar-refractivity contribution in [1.29, 1.82) is 0 Å². The van der Waals surface area contributed by atoms with E-state index < -0.39 is 17.4 Å². The maximum absolute atomic E-state index is 11.0. The second kappa shape index (κ2) is 4.67. The first kappa shape index (κ1) is 12.5. The van der Waals surface area contributed by atoms with Crippen LogP contribution in [-0.2, 0) is 39.7 Å². The normalized spacial score (nSPS) is 17.7. The number of hydrogen-bond donors (Lipinski definition) is 2. The molecule has 4 N–H and O–H groups in total. The fraction of sp³-hybridized carbons (Fsp3) is 0.667. The first-order chi connectivity index (χ1) is 5.67. The fourth-order valence-corrected chi connectivity index (χ4v) is 1.25. The van der Waals surface area contributed by atoms with Gasteiger partial charge in [-0.3, -0.25) is 0 Å². The zero-order valence-electron chi connectivity index (χ0n) is 6.73. The van der Waals surface area contributed by atoms with Crippen LogP contribution >= 0.6 is 0 Å². The van der Waals surface area contributed by atoms with Gasteiger partial charge in [0.25, 0.3) is 0 Å². The summed E-state index contributed by atoms with van der Waals surface area (Å²) in [7, 11) is 0. The molecule has 0 saturated heterocycles. The first-order valence-corrected chi connectivity index (χ1v) is 3.50. The Morgan fingerprint density at radius 2 is 1.46 bits per heavy atom. The molecule has 0 heterocycles. The smallest absolute Gasteiger partial charge is 0.341 e. The third-order valence-corrected chi connectivity index (χ3v) is 2.20. The van der Waals surface area contributed by atoms with Crippen LogP contribution in [0.1, 0.15) is 19.3 Å². The van der Waals surface area contributed by atoms with Gasteiger partial charge in [0.05, 0.1) is 0 Å². The van der Waals surface area contributed by atoms with Gasteiger partial charge in [-0.25, -0.2) is 9.59 Å². The summed E-state index contributed by atoms with van der Waals surface area (Å²) < 4.78 is 0. The van der Waals surface area contributed by atoms with Crippen molar-refractivity contribution in [3.05, 3.63) is 0 Å². The van der Waals surface area contributed by atoms with E-state index in [0.717, 1.165) is 6.42 Å². The average molecular weight is 281 g/mol. The van der Waals surface area contributed by atoms with Gasteiger partial charge in [0.1, 0.15) is 0 Å². The van der Waals surface area contributed by atoms with Crippen LogP contribution < -0.4 is 11.8 Å². The van der Waals surface area contributed by atoms with E-state index in [9.17, 15) is 9.59 Å². The molecule has 1 aliphatic carbocycles. The molecular formula is C6H10N2O4Pd. The van der Waals surface area contributed by atoms with Gasteiger partial charge in [-0.15, -0.1) is 0 Å². The molecule has 6 nitrogen and oxygen atoms in total. The summed E-state index contributed by atoms with van der Waals surface area (Å²) in [6.07, 6.45) is 1.54. The summed E-state index contributed by atoms with van der Waals surface area (Å²) in [6.45, 7) is 0. The van der Waals surface area contributed by atoms with Gasteiger partial charge in [0, 0.05) is 20.4 Å². The van der Waals surface area contributed by atoms with Crippen LogP contribution in [0.15, 0.2) is 0 Å². The Morgan fingerprint density at radius 1 is 1.08 bits per heavy atom. The summed E-state index contributed by atoms with van der Waals surface area (Å²) in [5.41, 5.74) is -1.23. The Labute approximate surface area is 88.5 Å². The molecule has 0 aromatic rings. The number of nitrogens with two attached hydrogens (primary N) is 2. The molecule has 0 aliphatic heterocycles. The standard InChI is InChI=1S/C6H10N2O4.Pd/c7-11-4(9)6(2-1-3-6)5(10)12-8;/h1-3,7-8H2;. The molecule has 0 amide bonds. The monoisotopic (exact) mass is 280 g/mol. The predicted octanol–water partition coefficient (Wildman–Crippen LogP) is -1.01. The molecule has 0 radical (unpaired) electrons. The van der Waals surface area contributed by atoms with Crippen LogP contribution in [0.5, 0.6) is 0 Å². The van der Waals surface area contributed by atoms with Crippen molar-refractivity contribution in [2.24, 2.45) is 17.2 Å². The van der Waals surface area contributed by atoms with Crippen LogP contribution in [0, 0.1) is 5.41 Å². The van der Waals surface area contributed by atoms with Crippen LogP contribution in [0.4, 0.5) is 0 Å². The van der Waals surface area contributed by atoms with Crippen LogP contribution in [0.3, 0.4) is 0 Å². The van der Waals surface area contributed by atoms with E-state index in [1.807, 2.05) is 0 Å². The Kier molecular flexibility index (Phi) is 4.50. The minimum Gasteiger partial charge on any atom is -0.372 e. The third kappa shape index (κ3) is 1.89. The summed E-state index contributed by atoms with van der Waals surface area (Å²) in [6, 6.07) is 0. The van der Waals surface area contributed by atoms with E-state index in [0.29, 0.717) is 12.8 Å². The van der Waals surface area contributed by atoms with Crippen molar-refractivity contribution in [2.75, 3.05) is 0 Å². The molecule has 0 unspecified atom stereocenters. The molecule has 13 heavy (non-hydrogen) atoms. The van der Waals surface area contributed by atoms with E-state index >= 15 is 0 Å². The SMILES string of the molecule is NOC(=O)C1(C(=O)ON)CCC1.[Pd]. The number of rotatable bonds is 2. The Balaban J connectivity index is 0.00000144. The second-order valence-corrected chi connectivity index (χ2v) is 2.75. The summed E-state index contributed by atoms with van der Waals surface area (Å²) in [4.78, 5) is 30.0. The van der Waals surface area contributed by atoms with Gasteiger partial charge in [0.2, 0.25) is 0 Å². The van der Waals surface area contributed by atoms with Crippen molar-refractivity contribution in [3.8, 4) is 0 Å². The third-order valence-electron chi connectivity index (χ3n) is 2.20. The summed E-state index contributed by atoms with van der Waals surface area (Å²) in [5, 5.41) is 0. The van der Waals surface area contributed by atoms with Gasteiger partial charge in [0.15, 0.2) is 5.41 Å². The van der Waals surface area contributed by atoms with Crippen molar-refractivity contribution in [3.63, 3.8) is 0 Å². The Morgan fingerprint density at radius 3 is 1.62 bits per heavy atom. The van der Waals surface area contributed by atoms with Crippen molar-refractivity contribution >= 4 is 11.9 Å². The molecule has 0 aromatic carbocycles. The maximum Gasteiger partial charge on any atom is 0.341 e. The largest absolute Gasteiger partial charge is 0.372 e. The maximum atomic E-state index is 11.0. The number of carbonyl (C=O) groups is 2. The van der Waals surface area contributed by atoms with E-state index in [1.54, 1.807) is 0 Å². The first-order valence-electron chi connectivity index (χ1n) is 3.50. The van der Waals surface area contributed by atoms with E-state index in [-0.39, 0.29) is 20.4 Å². The molecule has 1 rings (SSSR count). The quantitative estimate of drug-likeness (QED) is 0.381. The molecule has 0 bridgehead atoms. The van der Waals surface area contributed by atoms with Gasteiger partial charge < -0.3 is 9.68 Å². The topological polar surface area (TPSA) is 105 Å². The van der Waals surface area contributed by atoms with Gasteiger partial charge >= 0.3 is 11.9 Å². The minimum absolute atomic E-state index is 0. The minimum atomic E-state index is -1.23. The second-order valence-electron chi connectivity index (χ2n) is 2.75. The predicted molar refractivity (Wildman–Crippen MR) is 36.8 cm³/mol. The molecule has 7 heteroatoms. The zero-order valence-corrected chi connectivity index (χ0v) is 8.28. The average Bonchev–Trinajstić information content (AvgIpc) is 2.01. The Bertz CT molecular complexity index is 199. The Hall–Kier alpha value is -0.478. The molecule has 1 fully saturated rings. The molecule has 0 spiro atoms. The molecule has 1 aliphatic rings. The van der Waals surface area contributed by atoms with Gasteiger partial charge in [-0.05, 0) is 19.3 Å². The van der Waals surface area contributed by atoms with Gasteiger partial charge in [-0.2, -0.15) is 11.8 Å². The number of hydrogen-bond acceptors (Lipinski definition) is 6. The molecule has 0 atom stereocenters. The molecule has 78 valence electrons. The van der Waals surface area contributed by atoms with E-state index in [2.05, 4.69) is 21.5 Å². The van der Waals surface area contributed by atoms with Crippen LogP contribution in [-0.4, -0.2) is 11.9 Å². The molecule has 0 aromatic heterocycles. The zero-order chi connectivity index (χ0) is 9.19.